The first-order chi connectivity index (χ1) is 10.6. The molecule has 0 aliphatic heterocycles. The van der Waals surface area contributed by atoms with Crippen LogP contribution in [-0.2, 0) is 9.53 Å². The lowest BCUT2D eigenvalue weighted by atomic mass is 9.93. The van der Waals surface area contributed by atoms with Crippen molar-refractivity contribution in [2.45, 2.75) is 71.5 Å². The highest BCUT2D eigenvalue weighted by Gasteiger charge is 2.21. The van der Waals surface area contributed by atoms with E-state index < -0.39 is 12.1 Å². The second-order valence-electron chi connectivity index (χ2n) is 6.05. The van der Waals surface area contributed by atoms with Gasteiger partial charge in [0.05, 0.1) is 6.10 Å². The van der Waals surface area contributed by atoms with Gasteiger partial charge >= 0.3 is 5.97 Å². The van der Waals surface area contributed by atoms with E-state index in [-0.39, 0.29) is 6.10 Å². The van der Waals surface area contributed by atoms with Crippen molar-refractivity contribution in [3.8, 4) is 0 Å². The maximum atomic E-state index is 12.0. The van der Waals surface area contributed by atoms with Crippen LogP contribution in [0.3, 0.4) is 0 Å². The molecule has 1 N–H and O–H groups in total. The van der Waals surface area contributed by atoms with Crippen LogP contribution in [0, 0.1) is 5.92 Å². The fourth-order valence-corrected chi connectivity index (χ4v) is 2.61. The standard InChI is InChI=1S/C19H30O3/c1-4-6-10-16(5-2)14-13-15(3)22-19(21)18(20)17-11-8-7-9-12-17/h7-9,11-12,15-16,18,20H,4-6,10,13-14H2,1-3H3/t15-,16-,18+/m0/s1. The molecule has 0 fully saturated rings. The Morgan fingerprint density at radius 1 is 1.14 bits per heavy atom. The van der Waals surface area contributed by atoms with Crippen molar-refractivity contribution in [1.82, 2.24) is 0 Å². The molecule has 22 heavy (non-hydrogen) atoms. The maximum absolute atomic E-state index is 12.0. The third kappa shape index (κ3) is 6.61. The zero-order valence-corrected chi connectivity index (χ0v) is 14.1. The zero-order chi connectivity index (χ0) is 16.4. The van der Waals surface area contributed by atoms with Gasteiger partial charge in [-0.1, -0.05) is 69.9 Å². The second kappa shape index (κ2) is 10.4. The Kier molecular flexibility index (Phi) is 8.83. The molecule has 0 saturated carbocycles. The number of aliphatic hydroxyl groups is 1. The second-order valence-corrected chi connectivity index (χ2v) is 6.05. The molecule has 3 atom stereocenters. The Morgan fingerprint density at radius 2 is 1.82 bits per heavy atom. The number of ether oxygens (including phenoxy) is 1. The summed E-state index contributed by atoms with van der Waals surface area (Å²) in [5.74, 6) is 0.153. The van der Waals surface area contributed by atoms with Crippen molar-refractivity contribution in [3.05, 3.63) is 35.9 Å². The van der Waals surface area contributed by atoms with Crippen molar-refractivity contribution in [2.24, 2.45) is 5.92 Å². The van der Waals surface area contributed by atoms with Crippen LogP contribution >= 0.6 is 0 Å². The fraction of sp³-hybridized carbons (Fsp3) is 0.632. The molecule has 0 saturated heterocycles. The summed E-state index contributed by atoms with van der Waals surface area (Å²) in [6.45, 7) is 6.33. The van der Waals surface area contributed by atoms with Crippen LogP contribution in [0.25, 0.3) is 0 Å². The van der Waals surface area contributed by atoms with Crippen molar-refractivity contribution in [1.29, 1.82) is 0 Å². The van der Waals surface area contributed by atoms with Gasteiger partial charge in [-0.15, -0.1) is 0 Å². The Balaban J connectivity index is 2.37. The molecule has 3 heteroatoms. The van der Waals surface area contributed by atoms with Crippen LogP contribution in [0.1, 0.15) is 71.0 Å². The third-order valence-electron chi connectivity index (χ3n) is 4.18. The van der Waals surface area contributed by atoms with E-state index in [9.17, 15) is 9.90 Å². The first kappa shape index (κ1) is 18.7. The zero-order valence-electron chi connectivity index (χ0n) is 14.1. The summed E-state index contributed by atoms with van der Waals surface area (Å²) < 4.78 is 5.38. The first-order valence-corrected chi connectivity index (χ1v) is 8.51. The molecule has 1 rings (SSSR count). The Morgan fingerprint density at radius 3 is 2.41 bits per heavy atom. The van der Waals surface area contributed by atoms with E-state index in [2.05, 4.69) is 13.8 Å². The van der Waals surface area contributed by atoms with Crippen molar-refractivity contribution in [2.75, 3.05) is 0 Å². The molecule has 0 aromatic heterocycles. The third-order valence-corrected chi connectivity index (χ3v) is 4.18. The highest BCUT2D eigenvalue weighted by molar-refractivity contribution is 5.76. The maximum Gasteiger partial charge on any atom is 0.339 e. The van der Waals surface area contributed by atoms with Gasteiger partial charge in [-0.2, -0.15) is 0 Å². The Hall–Kier alpha value is -1.35. The summed E-state index contributed by atoms with van der Waals surface area (Å²) in [4.78, 5) is 12.0. The molecule has 0 heterocycles. The average Bonchev–Trinajstić information content (AvgIpc) is 2.55. The summed E-state index contributed by atoms with van der Waals surface area (Å²) in [6, 6.07) is 8.91. The van der Waals surface area contributed by atoms with Gasteiger partial charge < -0.3 is 9.84 Å². The molecular weight excluding hydrogens is 276 g/mol. The van der Waals surface area contributed by atoms with Crippen molar-refractivity contribution in [3.63, 3.8) is 0 Å². The number of hydrogen-bond acceptors (Lipinski definition) is 3. The molecule has 0 radical (unpaired) electrons. The van der Waals surface area contributed by atoms with Gasteiger partial charge in [0.25, 0.3) is 0 Å². The average molecular weight is 306 g/mol. The van der Waals surface area contributed by atoms with Gasteiger partial charge in [-0.3, -0.25) is 0 Å². The molecule has 0 unspecified atom stereocenters. The SMILES string of the molecule is CCCC[C@H](CC)CC[C@H](C)OC(=O)[C@H](O)c1ccccc1. The normalized spacial score (nSPS) is 15.1. The molecular formula is C19H30O3. The molecule has 3 nitrogen and oxygen atoms in total. The number of benzene rings is 1. The van der Waals surface area contributed by atoms with E-state index in [1.54, 1.807) is 24.3 Å². The van der Waals surface area contributed by atoms with Gasteiger partial charge in [0, 0.05) is 0 Å². The largest absolute Gasteiger partial charge is 0.460 e. The first-order valence-electron chi connectivity index (χ1n) is 8.51. The quantitative estimate of drug-likeness (QED) is 0.640. The summed E-state index contributed by atoms with van der Waals surface area (Å²) in [5, 5.41) is 10.0. The fourth-order valence-electron chi connectivity index (χ4n) is 2.61. The molecule has 1 aromatic carbocycles. The number of carbonyl (C=O) groups excluding carboxylic acids is 1. The van der Waals surface area contributed by atoms with Gasteiger partial charge in [0.15, 0.2) is 6.10 Å². The predicted molar refractivity (Wildman–Crippen MR) is 89.5 cm³/mol. The molecule has 0 amide bonds. The smallest absolute Gasteiger partial charge is 0.339 e. The van der Waals surface area contributed by atoms with E-state index in [0.29, 0.717) is 11.5 Å². The summed E-state index contributed by atoms with van der Waals surface area (Å²) in [7, 11) is 0. The minimum absolute atomic E-state index is 0.151. The predicted octanol–water partition coefficient (Wildman–Crippen LogP) is 4.65. The van der Waals surface area contributed by atoms with E-state index in [0.717, 1.165) is 12.8 Å². The van der Waals surface area contributed by atoms with Gasteiger partial charge in [-0.05, 0) is 31.2 Å². The van der Waals surface area contributed by atoms with Crippen molar-refractivity contribution < 1.29 is 14.6 Å². The highest BCUT2D eigenvalue weighted by Crippen LogP contribution is 2.21. The molecule has 0 aliphatic rings. The molecule has 0 bridgehead atoms. The lowest BCUT2D eigenvalue weighted by Crippen LogP contribution is -2.21. The van der Waals surface area contributed by atoms with Crippen LogP contribution in [0.5, 0.6) is 0 Å². The number of rotatable bonds is 10. The monoisotopic (exact) mass is 306 g/mol. The van der Waals surface area contributed by atoms with Crippen LogP contribution in [0.4, 0.5) is 0 Å². The number of unbranched alkanes of at least 4 members (excludes halogenated alkanes) is 1. The lowest BCUT2D eigenvalue weighted by molar-refractivity contribution is -0.159. The molecule has 124 valence electrons. The highest BCUT2D eigenvalue weighted by atomic mass is 16.6. The van der Waals surface area contributed by atoms with Crippen molar-refractivity contribution >= 4 is 5.97 Å². The lowest BCUT2D eigenvalue weighted by Gasteiger charge is -2.19. The number of hydrogen-bond donors (Lipinski definition) is 1. The Labute approximate surface area is 134 Å². The van der Waals surface area contributed by atoms with E-state index in [1.807, 2.05) is 13.0 Å². The summed E-state index contributed by atoms with van der Waals surface area (Å²) >= 11 is 0. The van der Waals surface area contributed by atoms with Gasteiger partial charge in [0.2, 0.25) is 0 Å². The molecule has 1 aromatic rings. The summed E-state index contributed by atoms with van der Waals surface area (Å²) in [6.07, 6.45) is 5.51. The minimum Gasteiger partial charge on any atom is -0.460 e. The van der Waals surface area contributed by atoms with Crippen LogP contribution < -0.4 is 0 Å². The Bertz CT molecular complexity index is 416. The van der Waals surface area contributed by atoms with E-state index >= 15 is 0 Å². The number of aliphatic hydroxyl groups excluding tert-OH is 1. The molecule has 0 spiro atoms. The summed E-state index contributed by atoms with van der Waals surface area (Å²) in [5.41, 5.74) is 0.578. The van der Waals surface area contributed by atoms with Crippen LogP contribution in [-0.4, -0.2) is 17.2 Å². The van der Waals surface area contributed by atoms with Gasteiger partial charge in [0.1, 0.15) is 0 Å². The topological polar surface area (TPSA) is 46.5 Å². The van der Waals surface area contributed by atoms with Crippen LogP contribution in [0.15, 0.2) is 30.3 Å². The van der Waals surface area contributed by atoms with E-state index in [1.165, 1.54) is 25.7 Å². The molecule has 0 aliphatic carbocycles. The van der Waals surface area contributed by atoms with Gasteiger partial charge in [-0.25, -0.2) is 4.79 Å². The number of carbonyl (C=O) groups is 1. The van der Waals surface area contributed by atoms with Crippen LogP contribution in [0.2, 0.25) is 0 Å². The van der Waals surface area contributed by atoms with E-state index in [4.69, 9.17) is 4.74 Å². The number of esters is 1. The minimum atomic E-state index is -1.19.